The van der Waals surface area contributed by atoms with Crippen molar-refractivity contribution >= 4 is 50.7 Å². The molecule has 2 aromatic carbocycles. The van der Waals surface area contributed by atoms with E-state index in [0.29, 0.717) is 23.4 Å². The quantitative estimate of drug-likeness (QED) is 0.284. The Morgan fingerprint density at radius 2 is 1.70 bits per heavy atom. The molecule has 40 heavy (non-hydrogen) atoms. The van der Waals surface area contributed by atoms with Gasteiger partial charge in [0.05, 0.1) is 27.6 Å². The first kappa shape index (κ1) is 33.7. The summed E-state index contributed by atoms with van der Waals surface area (Å²) in [7, 11) is -3.96. The second-order valence-corrected chi connectivity index (χ2v) is 12.2. The Kier molecular flexibility index (Phi) is 12.1. The maximum atomic E-state index is 13.5. The molecule has 0 heterocycles. The number of amides is 2. The van der Waals surface area contributed by atoms with Gasteiger partial charge in [-0.3, -0.25) is 13.9 Å². The fourth-order valence-electron chi connectivity index (χ4n) is 4.04. The van der Waals surface area contributed by atoms with E-state index in [-0.39, 0.29) is 48.6 Å². The van der Waals surface area contributed by atoms with E-state index in [4.69, 9.17) is 23.2 Å². The van der Waals surface area contributed by atoms with Crippen LogP contribution < -0.4 is 9.62 Å². The van der Waals surface area contributed by atoms with Gasteiger partial charge in [-0.25, -0.2) is 8.42 Å². The average molecular weight is 625 g/mol. The van der Waals surface area contributed by atoms with Crippen molar-refractivity contribution in [3.05, 3.63) is 63.6 Å². The number of halogens is 5. The number of rotatable bonds is 13. The Balaban J connectivity index is 2.29. The zero-order valence-corrected chi connectivity index (χ0v) is 25.1. The van der Waals surface area contributed by atoms with Crippen molar-refractivity contribution in [1.82, 2.24) is 10.2 Å². The lowest BCUT2D eigenvalue weighted by Gasteiger charge is -2.32. The number of nitrogens with zero attached hydrogens (tertiary/aromatic N) is 2. The number of sulfonamides is 1. The molecule has 2 aromatic rings. The molecule has 2 amide bonds. The van der Waals surface area contributed by atoms with Crippen molar-refractivity contribution in [1.29, 1.82) is 0 Å². The van der Waals surface area contributed by atoms with E-state index in [0.717, 1.165) is 28.8 Å². The van der Waals surface area contributed by atoms with Gasteiger partial charge in [0.1, 0.15) is 6.04 Å². The van der Waals surface area contributed by atoms with E-state index in [1.165, 1.54) is 11.0 Å². The largest absolute Gasteiger partial charge is 0.416 e. The smallest absolute Gasteiger partial charge is 0.352 e. The number of anilines is 1. The molecule has 0 saturated heterocycles. The molecule has 7 nitrogen and oxygen atoms in total. The molecule has 0 bridgehead atoms. The summed E-state index contributed by atoms with van der Waals surface area (Å²) in [4.78, 5) is 28.0. The lowest BCUT2D eigenvalue weighted by Crippen LogP contribution is -2.50. The van der Waals surface area contributed by atoms with E-state index < -0.39 is 33.7 Å². The number of hydrogen-bond acceptors (Lipinski definition) is 4. The van der Waals surface area contributed by atoms with Crippen molar-refractivity contribution in [3.8, 4) is 0 Å². The molecule has 1 N–H and O–H groups in total. The Morgan fingerprint density at radius 1 is 1.02 bits per heavy atom. The maximum Gasteiger partial charge on any atom is 0.416 e. The Bertz CT molecular complexity index is 1290. The van der Waals surface area contributed by atoms with Crippen LogP contribution in [0.25, 0.3) is 0 Å². The van der Waals surface area contributed by atoms with Gasteiger partial charge in [-0.1, -0.05) is 49.2 Å². The summed E-state index contributed by atoms with van der Waals surface area (Å²) in [5, 5.41) is 3.52. The minimum atomic E-state index is -4.65. The second kappa shape index (κ2) is 14.4. The number of benzene rings is 2. The summed E-state index contributed by atoms with van der Waals surface area (Å²) < 4.78 is 65.4. The lowest BCUT2D eigenvalue weighted by molar-refractivity contribution is -0.141. The van der Waals surface area contributed by atoms with Crippen LogP contribution in [0.15, 0.2) is 42.5 Å². The number of hydrogen-bond donors (Lipinski definition) is 1. The van der Waals surface area contributed by atoms with Gasteiger partial charge in [0.2, 0.25) is 21.8 Å². The van der Waals surface area contributed by atoms with Gasteiger partial charge >= 0.3 is 6.18 Å². The van der Waals surface area contributed by atoms with E-state index in [9.17, 15) is 31.2 Å². The van der Waals surface area contributed by atoms with E-state index in [2.05, 4.69) is 5.32 Å². The SMILES string of the molecule is CC[C@H](C)NC(=O)[C@H](CC)N(Cc1ccc(Cl)c(Cl)c1)C(=O)CCCN(c1cccc(C(F)(F)F)c1)S(C)(=O)=O. The number of alkyl halides is 3. The van der Waals surface area contributed by atoms with E-state index >= 15 is 0 Å². The molecule has 0 fully saturated rings. The van der Waals surface area contributed by atoms with Gasteiger partial charge in [0.25, 0.3) is 0 Å². The monoisotopic (exact) mass is 623 g/mol. The molecule has 13 heteroatoms. The molecule has 0 aliphatic carbocycles. The highest BCUT2D eigenvalue weighted by Crippen LogP contribution is 2.32. The highest BCUT2D eigenvalue weighted by molar-refractivity contribution is 7.92. The number of carbonyl (C=O) groups excluding carboxylic acids is 2. The lowest BCUT2D eigenvalue weighted by atomic mass is 10.1. The summed E-state index contributed by atoms with van der Waals surface area (Å²) >= 11 is 12.2. The van der Waals surface area contributed by atoms with Crippen LogP contribution in [-0.2, 0) is 32.3 Å². The van der Waals surface area contributed by atoms with Crippen molar-refractivity contribution in [2.45, 2.75) is 71.3 Å². The van der Waals surface area contributed by atoms with Crippen LogP contribution in [0.3, 0.4) is 0 Å². The summed E-state index contributed by atoms with van der Waals surface area (Å²) in [6.07, 6.45) is -2.90. The van der Waals surface area contributed by atoms with Crippen molar-refractivity contribution < 1.29 is 31.2 Å². The molecule has 2 atom stereocenters. The third kappa shape index (κ3) is 9.55. The standard InChI is InChI=1S/C27H34Cl2F3N3O4S/c1-5-18(3)33-26(37)24(6-2)34(17-19-12-13-22(28)23(29)15-19)25(36)11-8-14-35(40(4,38)39)21-10-7-9-20(16-21)27(30,31)32/h7,9-10,12-13,15-16,18,24H,5-6,8,11,14,17H2,1-4H3,(H,33,37)/t18-,24-/m0/s1. The predicted molar refractivity (Wildman–Crippen MR) is 152 cm³/mol. The first-order valence-corrected chi connectivity index (χ1v) is 15.4. The van der Waals surface area contributed by atoms with Crippen LogP contribution in [-0.4, -0.2) is 50.0 Å². The molecule has 0 aliphatic rings. The van der Waals surface area contributed by atoms with E-state index in [1.807, 2.05) is 13.8 Å². The van der Waals surface area contributed by atoms with E-state index in [1.54, 1.807) is 25.1 Å². The molecule has 0 unspecified atom stereocenters. The minimum absolute atomic E-state index is 0.00341. The fraction of sp³-hybridized carbons (Fsp3) is 0.481. The summed E-state index contributed by atoms with van der Waals surface area (Å²) in [6, 6.07) is 7.94. The molecule has 2 rings (SSSR count). The number of nitrogens with one attached hydrogen (secondary N) is 1. The van der Waals surface area contributed by atoms with Gasteiger partial charge in [-0.2, -0.15) is 13.2 Å². The fourth-order valence-corrected chi connectivity index (χ4v) is 5.31. The van der Waals surface area contributed by atoms with Crippen molar-refractivity contribution in [2.24, 2.45) is 0 Å². The first-order chi connectivity index (χ1) is 18.6. The third-order valence-corrected chi connectivity index (χ3v) is 8.27. The Hall–Kier alpha value is -2.50. The maximum absolute atomic E-state index is 13.5. The van der Waals surface area contributed by atoms with Crippen molar-refractivity contribution in [2.75, 3.05) is 17.1 Å². The average Bonchev–Trinajstić information content (AvgIpc) is 2.87. The molecular weight excluding hydrogens is 590 g/mol. The zero-order valence-electron chi connectivity index (χ0n) is 22.8. The molecule has 0 aliphatic heterocycles. The van der Waals surface area contributed by atoms with Gasteiger partial charge < -0.3 is 10.2 Å². The first-order valence-electron chi connectivity index (χ1n) is 12.8. The molecule has 0 spiro atoms. The third-order valence-electron chi connectivity index (χ3n) is 6.34. The Labute approximate surface area is 243 Å². The summed E-state index contributed by atoms with van der Waals surface area (Å²) in [5.41, 5.74) is -0.503. The molecule has 222 valence electrons. The van der Waals surface area contributed by atoms with Crippen molar-refractivity contribution in [3.63, 3.8) is 0 Å². The van der Waals surface area contributed by atoms with Gasteiger partial charge in [0.15, 0.2) is 0 Å². The predicted octanol–water partition coefficient (Wildman–Crippen LogP) is 6.28. The van der Waals surface area contributed by atoms with Crippen LogP contribution in [0.4, 0.5) is 18.9 Å². The number of carbonyl (C=O) groups is 2. The van der Waals surface area contributed by atoms with Crippen LogP contribution in [0.2, 0.25) is 10.0 Å². The highest BCUT2D eigenvalue weighted by Gasteiger charge is 2.32. The highest BCUT2D eigenvalue weighted by atomic mass is 35.5. The van der Waals surface area contributed by atoms with Crippen LogP contribution in [0, 0.1) is 0 Å². The molecule has 0 radical (unpaired) electrons. The van der Waals surface area contributed by atoms with Gasteiger partial charge in [0, 0.05) is 25.6 Å². The second-order valence-electron chi connectivity index (χ2n) is 9.50. The molecule has 0 aromatic heterocycles. The normalized spacial score (nSPS) is 13.4. The van der Waals surface area contributed by atoms with Crippen LogP contribution in [0.1, 0.15) is 57.6 Å². The minimum Gasteiger partial charge on any atom is -0.352 e. The van der Waals surface area contributed by atoms with Gasteiger partial charge in [-0.05, 0) is 62.1 Å². The summed E-state index contributed by atoms with van der Waals surface area (Å²) in [6.45, 7) is 5.36. The molecule has 0 saturated carbocycles. The van der Waals surface area contributed by atoms with Gasteiger partial charge in [-0.15, -0.1) is 0 Å². The topological polar surface area (TPSA) is 86.8 Å². The summed E-state index contributed by atoms with van der Waals surface area (Å²) in [5.74, 6) is -0.748. The Morgan fingerprint density at radius 3 is 2.25 bits per heavy atom. The van der Waals surface area contributed by atoms with Crippen LogP contribution >= 0.6 is 23.2 Å². The zero-order chi connectivity index (χ0) is 30.3. The van der Waals surface area contributed by atoms with Crippen LogP contribution in [0.5, 0.6) is 0 Å². The molecular formula is C27H34Cl2F3N3O4S.